The molecule has 7 heteroatoms. The van der Waals surface area contributed by atoms with Crippen LogP contribution in [0.3, 0.4) is 0 Å². The van der Waals surface area contributed by atoms with Gasteiger partial charge in [0, 0.05) is 42.5 Å². The average molecular weight is 460 g/mol. The van der Waals surface area contributed by atoms with Crippen LogP contribution in [0.15, 0.2) is 60.8 Å². The Morgan fingerprint density at radius 1 is 1.18 bits per heavy atom. The summed E-state index contributed by atoms with van der Waals surface area (Å²) in [5.41, 5.74) is 3.96. The molecular weight excluding hydrogens is 430 g/mol. The van der Waals surface area contributed by atoms with E-state index in [1.807, 2.05) is 49.5 Å². The molecule has 1 unspecified atom stereocenters. The van der Waals surface area contributed by atoms with Crippen LogP contribution in [0.25, 0.3) is 0 Å². The SMILES string of the molecule is CCCN(c1ccccn1)c1cccc2c1OC[C@H]2Nc1ccc2c(c1)OC(C)[C@H]2OC(C)=O. The molecular formula is C27H29N3O4. The van der Waals surface area contributed by atoms with Crippen LogP contribution in [0, 0.1) is 0 Å². The van der Waals surface area contributed by atoms with Gasteiger partial charge in [-0.25, -0.2) is 4.98 Å². The summed E-state index contributed by atoms with van der Waals surface area (Å²) >= 11 is 0. The van der Waals surface area contributed by atoms with Crippen molar-refractivity contribution in [3.8, 4) is 11.5 Å². The Kier molecular flexibility index (Phi) is 6.01. The molecule has 0 saturated carbocycles. The van der Waals surface area contributed by atoms with Crippen molar-refractivity contribution in [3.63, 3.8) is 0 Å². The van der Waals surface area contributed by atoms with Crippen molar-refractivity contribution in [2.45, 2.75) is 45.4 Å². The number of nitrogens with one attached hydrogen (secondary N) is 1. The number of para-hydroxylation sites is 1. The minimum absolute atomic E-state index is 0.00306. The minimum Gasteiger partial charge on any atom is -0.489 e. The lowest BCUT2D eigenvalue weighted by Gasteiger charge is -2.25. The number of ether oxygens (including phenoxy) is 3. The number of benzene rings is 2. The second kappa shape index (κ2) is 9.25. The number of aromatic nitrogens is 1. The van der Waals surface area contributed by atoms with Crippen molar-refractivity contribution >= 4 is 23.2 Å². The van der Waals surface area contributed by atoms with E-state index in [9.17, 15) is 4.79 Å². The molecule has 2 aliphatic heterocycles. The summed E-state index contributed by atoms with van der Waals surface area (Å²) in [6.45, 7) is 6.86. The minimum atomic E-state index is -0.379. The van der Waals surface area contributed by atoms with Gasteiger partial charge in [-0.05, 0) is 43.7 Å². The quantitative estimate of drug-likeness (QED) is 0.464. The lowest BCUT2D eigenvalue weighted by atomic mass is 10.0. The highest BCUT2D eigenvalue weighted by Crippen LogP contribution is 2.45. The normalized spacial score (nSPS) is 20.0. The van der Waals surface area contributed by atoms with Crippen LogP contribution < -0.4 is 19.7 Å². The lowest BCUT2D eigenvalue weighted by molar-refractivity contribution is -0.149. The fourth-order valence-electron chi connectivity index (χ4n) is 4.67. The number of carbonyl (C=O) groups is 1. The Labute approximate surface area is 199 Å². The predicted molar refractivity (Wildman–Crippen MR) is 131 cm³/mol. The number of hydrogen-bond acceptors (Lipinski definition) is 7. The highest BCUT2D eigenvalue weighted by atomic mass is 16.6. The van der Waals surface area contributed by atoms with Gasteiger partial charge < -0.3 is 24.4 Å². The van der Waals surface area contributed by atoms with Crippen LogP contribution in [-0.2, 0) is 9.53 Å². The van der Waals surface area contributed by atoms with E-state index >= 15 is 0 Å². The maximum Gasteiger partial charge on any atom is 0.303 e. The fraction of sp³-hybridized carbons (Fsp3) is 0.333. The Bertz CT molecular complexity index is 1180. The molecule has 3 aromatic rings. The number of anilines is 3. The molecule has 1 N–H and O–H groups in total. The molecule has 34 heavy (non-hydrogen) atoms. The van der Waals surface area contributed by atoms with Crippen LogP contribution in [-0.4, -0.2) is 30.2 Å². The summed E-state index contributed by atoms with van der Waals surface area (Å²) in [5.74, 6) is 2.22. The first-order chi connectivity index (χ1) is 16.5. The number of fused-ring (bicyclic) bond motifs is 2. The van der Waals surface area contributed by atoms with Crippen LogP contribution in [0.1, 0.15) is 50.5 Å². The highest BCUT2D eigenvalue weighted by Gasteiger charge is 2.34. The Balaban J connectivity index is 1.39. The predicted octanol–water partition coefficient (Wildman–Crippen LogP) is 5.56. The van der Waals surface area contributed by atoms with E-state index in [0.717, 1.165) is 52.8 Å². The van der Waals surface area contributed by atoms with Gasteiger partial charge in [0.05, 0.1) is 11.7 Å². The van der Waals surface area contributed by atoms with Gasteiger partial charge in [-0.3, -0.25) is 4.79 Å². The van der Waals surface area contributed by atoms with E-state index in [1.54, 1.807) is 0 Å². The number of nitrogens with zero attached hydrogens (tertiary/aromatic N) is 2. The standard InChI is InChI=1S/C27H29N3O4/c1-4-14-30(25-10-5-6-13-28-25)23-9-7-8-20-22(16-32-27(20)23)29-19-11-12-21-24(15-19)33-17(2)26(21)34-18(3)31/h5-13,15,17,22,26,29H,4,14,16H2,1-3H3/t17?,22-,26-/m1/s1. The molecule has 176 valence electrons. The average Bonchev–Trinajstić information content (AvgIpc) is 3.38. The topological polar surface area (TPSA) is 72.9 Å². The summed E-state index contributed by atoms with van der Waals surface area (Å²) in [6, 6.07) is 18.1. The van der Waals surface area contributed by atoms with Gasteiger partial charge >= 0.3 is 5.97 Å². The number of rotatable bonds is 7. The number of carbonyl (C=O) groups excluding carboxylic acids is 1. The van der Waals surface area contributed by atoms with E-state index in [1.165, 1.54) is 6.92 Å². The van der Waals surface area contributed by atoms with Crippen LogP contribution >= 0.6 is 0 Å². The van der Waals surface area contributed by atoms with Crippen LogP contribution in [0.5, 0.6) is 11.5 Å². The van der Waals surface area contributed by atoms with Crippen molar-refractivity contribution in [1.82, 2.24) is 4.98 Å². The molecule has 2 aliphatic rings. The van der Waals surface area contributed by atoms with Gasteiger partial charge in [0.1, 0.15) is 30.0 Å². The zero-order valence-electron chi connectivity index (χ0n) is 19.7. The molecule has 3 heterocycles. The third kappa shape index (κ3) is 4.14. The van der Waals surface area contributed by atoms with Crippen molar-refractivity contribution < 1.29 is 19.0 Å². The summed E-state index contributed by atoms with van der Waals surface area (Å²) in [4.78, 5) is 18.2. The zero-order valence-corrected chi connectivity index (χ0v) is 19.7. The lowest BCUT2D eigenvalue weighted by Crippen LogP contribution is -2.19. The molecule has 0 saturated heterocycles. The molecule has 0 amide bonds. The molecule has 3 atom stereocenters. The largest absolute Gasteiger partial charge is 0.489 e. The first-order valence-corrected chi connectivity index (χ1v) is 11.7. The molecule has 0 bridgehead atoms. The smallest absolute Gasteiger partial charge is 0.303 e. The Hall–Kier alpha value is -3.74. The molecule has 0 fully saturated rings. The maximum atomic E-state index is 11.5. The van der Waals surface area contributed by atoms with Gasteiger partial charge in [0.15, 0.2) is 6.10 Å². The molecule has 2 aromatic carbocycles. The zero-order chi connectivity index (χ0) is 23.7. The monoisotopic (exact) mass is 459 g/mol. The van der Waals surface area contributed by atoms with Gasteiger partial charge in [-0.1, -0.05) is 25.1 Å². The second-order valence-electron chi connectivity index (χ2n) is 8.65. The van der Waals surface area contributed by atoms with Crippen molar-refractivity contribution in [1.29, 1.82) is 0 Å². The fourth-order valence-corrected chi connectivity index (χ4v) is 4.67. The first kappa shape index (κ1) is 22.1. The Morgan fingerprint density at radius 2 is 2.06 bits per heavy atom. The second-order valence-corrected chi connectivity index (χ2v) is 8.65. The maximum absolute atomic E-state index is 11.5. The molecule has 0 aliphatic carbocycles. The summed E-state index contributed by atoms with van der Waals surface area (Å²) < 4.78 is 17.6. The molecule has 7 nitrogen and oxygen atoms in total. The third-order valence-corrected chi connectivity index (χ3v) is 6.15. The van der Waals surface area contributed by atoms with E-state index in [2.05, 4.69) is 40.3 Å². The van der Waals surface area contributed by atoms with E-state index in [4.69, 9.17) is 14.2 Å². The molecule has 0 spiro atoms. The highest BCUT2D eigenvalue weighted by molar-refractivity contribution is 5.71. The Morgan fingerprint density at radius 3 is 2.82 bits per heavy atom. The van der Waals surface area contributed by atoms with Crippen molar-refractivity contribution in [2.24, 2.45) is 0 Å². The van der Waals surface area contributed by atoms with Crippen molar-refractivity contribution in [2.75, 3.05) is 23.4 Å². The van der Waals surface area contributed by atoms with Crippen LogP contribution in [0.4, 0.5) is 17.2 Å². The summed E-state index contributed by atoms with van der Waals surface area (Å²) in [6.07, 6.45) is 2.21. The number of hydrogen-bond donors (Lipinski definition) is 1. The third-order valence-electron chi connectivity index (χ3n) is 6.15. The van der Waals surface area contributed by atoms with Gasteiger partial charge in [0.25, 0.3) is 0 Å². The molecule has 0 radical (unpaired) electrons. The van der Waals surface area contributed by atoms with Crippen LogP contribution in [0.2, 0.25) is 0 Å². The number of pyridine rings is 1. The van der Waals surface area contributed by atoms with E-state index in [-0.39, 0.29) is 24.2 Å². The van der Waals surface area contributed by atoms with Crippen molar-refractivity contribution in [3.05, 3.63) is 71.9 Å². The molecule has 5 rings (SSSR count). The molecule has 1 aromatic heterocycles. The summed E-state index contributed by atoms with van der Waals surface area (Å²) in [7, 11) is 0. The summed E-state index contributed by atoms with van der Waals surface area (Å²) in [5, 5.41) is 3.59. The van der Waals surface area contributed by atoms with Gasteiger partial charge in [-0.15, -0.1) is 0 Å². The van der Waals surface area contributed by atoms with E-state index < -0.39 is 0 Å². The van der Waals surface area contributed by atoms with E-state index in [0.29, 0.717) is 6.61 Å². The first-order valence-electron chi connectivity index (χ1n) is 11.7. The van der Waals surface area contributed by atoms with Gasteiger partial charge in [0.2, 0.25) is 0 Å². The van der Waals surface area contributed by atoms with Gasteiger partial charge in [-0.2, -0.15) is 0 Å². The number of esters is 1.